The second-order valence-corrected chi connectivity index (χ2v) is 17.4. The van der Waals surface area contributed by atoms with Crippen molar-refractivity contribution in [3.8, 4) is 0 Å². The fourth-order valence-corrected chi connectivity index (χ4v) is 7.71. The van der Waals surface area contributed by atoms with E-state index in [9.17, 15) is 19.4 Å². The van der Waals surface area contributed by atoms with Crippen LogP contribution < -0.4 is 11.1 Å². The third-order valence-electron chi connectivity index (χ3n) is 10.5. The van der Waals surface area contributed by atoms with Gasteiger partial charge in [0.15, 0.2) is 0 Å². The van der Waals surface area contributed by atoms with Crippen molar-refractivity contribution in [1.82, 2.24) is 5.32 Å². The van der Waals surface area contributed by atoms with Crippen molar-refractivity contribution in [2.24, 2.45) is 5.73 Å². The Morgan fingerprint density at radius 3 is 1.35 bits per heavy atom. The van der Waals surface area contributed by atoms with E-state index in [2.05, 4.69) is 31.3 Å². The molecule has 0 saturated carbocycles. The van der Waals surface area contributed by atoms with Gasteiger partial charge in [-0.3, -0.25) is 13.8 Å². The number of nitrogens with two attached hydrogens (primary N) is 1. The summed E-state index contributed by atoms with van der Waals surface area (Å²) in [7, 11) is -4.34. The zero-order valence-corrected chi connectivity index (χ0v) is 37.1. The normalized spacial score (nSPS) is 14.2. The molecule has 0 aliphatic carbocycles. The highest BCUT2D eigenvalue weighted by Gasteiger charge is 2.26. The summed E-state index contributed by atoms with van der Waals surface area (Å²) >= 11 is 0. The fraction of sp³-hybridized carbons (Fsp3) is 0.891. The van der Waals surface area contributed by atoms with Gasteiger partial charge < -0.3 is 21.1 Å². The number of hydrogen-bond donors (Lipinski definition) is 4. The van der Waals surface area contributed by atoms with Gasteiger partial charge in [-0.15, -0.1) is 0 Å². The minimum absolute atomic E-state index is 0.0794. The van der Waals surface area contributed by atoms with E-state index in [1.54, 1.807) is 6.08 Å². The van der Waals surface area contributed by atoms with E-state index in [1.807, 2.05) is 6.08 Å². The molecule has 0 aromatic carbocycles. The zero-order valence-electron chi connectivity index (χ0n) is 36.2. The Kier molecular flexibility index (Phi) is 41.8. The second-order valence-electron chi connectivity index (χ2n) is 16.0. The van der Waals surface area contributed by atoms with E-state index in [-0.39, 0.29) is 25.7 Å². The smallest absolute Gasteiger partial charge is 0.387 e. The molecule has 0 fully saturated rings. The molecule has 9 heteroatoms. The SMILES string of the molecule is CCCCCCCC/C=C\CCCCCCCCCCCC(=O)NC(COP(=O)(O)OCCN)C(O)/C=C/CCCCCCCCCCCCCCCCC. The first-order valence-corrected chi connectivity index (χ1v) is 25.0. The highest BCUT2D eigenvalue weighted by Crippen LogP contribution is 2.43. The molecule has 0 heterocycles. The molecule has 0 bridgehead atoms. The molecule has 0 aromatic heterocycles. The van der Waals surface area contributed by atoms with Crippen molar-refractivity contribution in [1.29, 1.82) is 0 Å². The maximum absolute atomic E-state index is 12.8. The van der Waals surface area contributed by atoms with Crippen molar-refractivity contribution in [2.45, 2.75) is 244 Å². The Balaban J connectivity index is 4.15. The van der Waals surface area contributed by atoms with Crippen LogP contribution >= 0.6 is 7.82 Å². The summed E-state index contributed by atoms with van der Waals surface area (Å²) in [5, 5.41) is 13.7. The number of carbonyl (C=O) groups excluding carboxylic acids is 1. The first-order chi connectivity index (χ1) is 26.9. The van der Waals surface area contributed by atoms with Crippen LogP contribution in [0.25, 0.3) is 0 Å². The third kappa shape index (κ3) is 41.0. The quantitative estimate of drug-likeness (QED) is 0.0274. The summed E-state index contributed by atoms with van der Waals surface area (Å²) in [6.45, 7) is 4.15. The van der Waals surface area contributed by atoms with Crippen molar-refractivity contribution in [3.63, 3.8) is 0 Å². The summed E-state index contributed by atoms with van der Waals surface area (Å²) in [5.74, 6) is -0.194. The molecular formula is C46H91N2O6P. The Hall–Kier alpha value is -1.02. The fourth-order valence-electron chi connectivity index (χ4n) is 6.95. The molecule has 0 rings (SSSR count). The Morgan fingerprint density at radius 1 is 0.582 bits per heavy atom. The molecule has 0 aliphatic heterocycles. The van der Waals surface area contributed by atoms with Crippen LogP contribution in [0.2, 0.25) is 0 Å². The predicted molar refractivity (Wildman–Crippen MR) is 235 cm³/mol. The number of unbranched alkanes of at least 4 members (excludes halogenated alkanes) is 30. The van der Waals surface area contributed by atoms with Gasteiger partial charge in [-0.1, -0.05) is 205 Å². The van der Waals surface area contributed by atoms with Crippen LogP contribution in [-0.4, -0.2) is 47.8 Å². The molecular weight excluding hydrogens is 707 g/mol. The van der Waals surface area contributed by atoms with E-state index in [0.29, 0.717) is 6.42 Å². The monoisotopic (exact) mass is 799 g/mol. The van der Waals surface area contributed by atoms with Gasteiger partial charge in [0, 0.05) is 13.0 Å². The van der Waals surface area contributed by atoms with Crippen LogP contribution in [0, 0.1) is 0 Å². The molecule has 0 radical (unpaired) electrons. The van der Waals surface area contributed by atoms with Crippen molar-refractivity contribution < 1.29 is 28.4 Å². The maximum atomic E-state index is 12.8. The Labute approximate surface area is 340 Å². The lowest BCUT2D eigenvalue weighted by Crippen LogP contribution is -2.45. The molecule has 0 spiro atoms. The van der Waals surface area contributed by atoms with E-state index >= 15 is 0 Å². The minimum Gasteiger partial charge on any atom is -0.387 e. The Bertz CT molecular complexity index is 917. The third-order valence-corrected chi connectivity index (χ3v) is 11.5. The molecule has 5 N–H and O–H groups in total. The number of rotatable bonds is 44. The van der Waals surface area contributed by atoms with Crippen LogP contribution in [0.15, 0.2) is 24.3 Å². The van der Waals surface area contributed by atoms with Crippen molar-refractivity contribution >= 4 is 13.7 Å². The molecule has 1 amide bonds. The lowest BCUT2D eigenvalue weighted by molar-refractivity contribution is -0.123. The van der Waals surface area contributed by atoms with E-state index < -0.39 is 20.0 Å². The molecule has 3 atom stereocenters. The summed E-state index contributed by atoms with van der Waals surface area (Å²) < 4.78 is 22.2. The number of amides is 1. The Morgan fingerprint density at radius 2 is 0.945 bits per heavy atom. The van der Waals surface area contributed by atoms with Crippen molar-refractivity contribution in [3.05, 3.63) is 24.3 Å². The van der Waals surface area contributed by atoms with Gasteiger partial charge in [0.2, 0.25) is 5.91 Å². The van der Waals surface area contributed by atoms with Gasteiger partial charge in [-0.05, 0) is 44.9 Å². The zero-order chi connectivity index (χ0) is 40.3. The lowest BCUT2D eigenvalue weighted by atomic mass is 10.0. The summed E-state index contributed by atoms with van der Waals surface area (Å²) in [4.78, 5) is 22.7. The average Bonchev–Trinajstić information content (AvgIpc) is 3.17. The van der Waals surface area contributed by atoms with E-state index in [1.165, 1.54) is 173 Å². The first kappa shape index (κ1) is 54.0. The summed E-state index contributed by atoms with van der Waals surface area (Å²) in [6.07, 6.45) is 49.4. The number of hydrogen-bond acceptors (Lipinski definition) is 6. The van der Waals surface area contributed by atoms with Crippen molar-refractivity contribution in [2.75, 3.05) is 19.8 Å². The topological polar surface area (TPSA) is 131 Å². The van der Waals surface area contributed by atoms with E-state index in [4.69, 9.17) is 14.8 Å². The maximum Gasteiger partial charge on any atom is 0.472 e. The second kappa shape index (κ2) is 42.6. The van der Waals surface area contributed by atoms with Gasteiger partial charge in [0.25, 0.3) is 0 Å². The predicted octanol–water partition coefficient (Wildman–Crippen LogP) is 13.3. The summed E-state index contributed by atoms with van der Waals surface area (Å²) in [5.41, 5.74) is 5.38. The number of nitrogens with one attached hydrogen (secondary N) is 1. The first-order valence-electron chi connectivity index (χ1n) is 23.5. The number of phosphoric acid groups is 1. The van der Waals surface area contributed by atoms with Crippen LogP contribution in [0.3, 0.4) is 0 Å². The van der Waals surface area contributed by atoms with Gasteiger partial charge in [0.1, 0.15) is 0 Å². The van der Waals surface area contributed by atoms with Crippen LogP contribution in [0.4, 0.5) is 0 Å². The minimum atomic E-state index is -4.34. The van der Waals surface area contributed by atoms with Gasteiger partial charge in [-0.25, -0.2) is 4.57 Å². The number of aliphatic hydroxyl groups excluding tert-OH is 1. The highest BCUT2D eigenvalue weighted by molar-refractivity contribution is 7.47. The van der Waals surface area contributed by atoms with Gasteiger partial charge >= 0.3 is 7.82 Å². The molecule has 8 nitrogen and oxygen atoms in total. The van der Waals surface area contributed by atoms with Crippen LogP contribution in [-0.2, 0) is 18.4 Å². The number of allylic oxidation sites excluding steroid dienone is 3. The molecule has 0 saturated heterocycles. The van der Waals surface area contributed by atoms with Gasteiger partial charge in [0.05, 0.1) is 25.4 Å². The summed E-state index contributed by atoms with van der Waals surface area (Å²) in [6, 6.07) is -0.859. The average molecular weight is 799 g/mol. The molecule has 3 unspecified atom stereocenters. The number of phosphoric ester groups is 1. The van der Waals surface area contributed by atoms with Crippen LogP contribution in [0.5, 0.6) is 0 Å². The van der Waals surface area contributed by atoms with Gasteiger partial charge in [-0.2, -0.15) is 0 Å². The number of carbonyl (C=O) groups is 1. The standard InChI is InChI=1S/C46H91N2O6P/c1-3-5-7-9-11-13-15-17-19-21-22-24-26-28-30-32-34-36-38-40-46(50)48-44(43-54-55(51,52)53-42-41-47)45(49)39-37-35-33-31-29-27-25-23-20-18-16-14-12-10-8-6-4-2/h17,19,37,39,44-45,49H,3-16,18,20-36,38,40-43,47H2,1-2H3,(H,48,50)(H,51,52)/b19-17-,39-37+. The highest BCUT2D eigenvalue weighted by atomic mass is 31.2. The largest absolute Gasteiger partial charge is 0.472 e. The molecule has 326 valence electrons. The molecule has 0 aromatic rings. The lowest BCUT2D eigenvalue weighted by Gasteiger charge is -2.23. The molecule has 55 heavy (non-hydrogen) atoms. The molecule has 0 aliphatic rings. The van der Waals surface area contributed by atoms with E-state index in [0.717, 1.165) is 38.5 Å². The number of aliphatic hydroxyl groups is 1. The van der Waals surface area contributed by atoms with Crippen LogP contribution in [0.1, 0.15) is 232 Å².